The monoisotopic (exact) mass is 332 g/mol. The smallest absolute Gasteiger partial charge is 0.335 e. The number of aromatic carboxylic acids is 1. The van der Waals surface area contributed by atoms with Gasteiger partial charge in [-0.25, -0.2) is 4.79 Å². The first kappa shape index (κ1) is 15.8. The molecule has 0 radical (unpaired) electrons. The lowest BCUT2D eigenvalue weighted by atomic mass is 10.1. The Labute approximate surface area is 120 Å². The van der Waals surface area contributed by atoms with Gasteiger partial charge in [-0.3, -0.25) is 0 Å². The van der Waals surface area contributed by atoms with Crippen molar-refractivity contribution in [1.29, 1.82) is 0 Å². The molecule has 106 valence electrons. The molecule has 5 nitrogen and oxygen atoms in total. The molecule has 0 fully saturated rings. The second kappa shape index (κ2) is 6.25. The van der Waals surface area contributed by atoms with Crippen LogP contribution in [0, 0.1) is 0 Å². The van der Waals surface area contributed by atoms with Gasteiger partial charge in [-0.1, -0.05) is 6.92 Å². The van der Waals surface area contributed by atoms with E-state index < -0.39 is 11.6 Å². The molecule has 0 amide bonds. The predicted molar refractivity (Wildman–Crippen MR) is 74.1 cm³/mol. The van der Waals surface area contributed by atoms with Crippen molar-refractivity contribution in [3.05, 3.63) is 22.2 Å². The fourth-order valence-electron chi connectivity index (χ4n) is 1.31. The summed E-state index contributed by atoms with van der Waals surface area (Å²) in [6, 6.07) is 2.81. The minimum Gasteiger partial charge on any atom is -0.493 e. The van der Waals surface area contributed by atoms with Crippen molar-refractivity contribution < 1.29 is 24.5 Å². The Hall–Kier alpha value is -1.27. The quantitative estimate of drug-likeness (QED) is 0.837. The van der Waals surface area contributed by atoms with Crippen LogP contribution in [0.25, 0.3) is 0 Å². The van der Waals surface area contributed by atoms with Crippen molar-refractivity contribution in [2.24, 2.45) is 0 Å². The molecular formula is C13H17BrO5. The molecule has 0 aliphatic rings. The fraction of sp³-hybridized carbons (Fsp3) is 0.462. The molecule has 2 N–H and O–H groups in total. The van der Waals surface area contributed by atoms with E-state index in [-0.39, 0.29) is 12.2 Å². The molecule has 6 heteroatoms. The van der Waals surface area contributed by atoms with Gasteiger partial charge in [0.15, 0.2) is 11.5 Å². The number of halogens is 1. The van der Waals surface area contributed by atoms with Gasteiger partial charge in [0.05, 0.1) is 22.7 Å². The van der Waals surface area contributed by atoms with E-state index in [0.29, 0.717) is 22.4 Å². The summed E-state index contributed by atoms with van der Waals surface area (Å²) in [6.07, 6.45) is 0.542. The summed E-state index contributed by atoms with van der Waals surface area (Å²) >= 11 is 3.25. The maximum absolute atomic E-state index is 10.9. The van der Waals surface area contributed by atoms with Crippen LogP contribution in [-0.4, -0.2) is 35.5 Å². The van der Waals surface area contributed by atoms with Crippen LogP contribution in [0.4, 0.5) is 0 Å². The lowest BCUT2D eigenvalue weighted by Crippen LogP contribution is -2.31. The highest BCUT2D eigenvalue weighted by Crippen LogP contribution is 2.37. The highest BCUT2D eigenvalue weighted by molar-refractivity contribution is 9.10. The van der Waals surface area contributed by atoms with Crippen LogP contribution in [0.2, 0.25) is 0 Å². The van der Waals surface area contributed by atoms with Gasteiger partial charge in [-0.15, -0.1) is 0 Å². The molecule has 1 unspecified atom stereocenters. The van der Waals surface area contributed by atoms with Crippen molar-refractivity contribution in [1.82, 2.24) is 0 Å². The second-order valence-electron chi connectivity index (χ2n) is 4.43. The maximum Gasteiger partial charge on any atom is 0.335 e. The van der Waals surface area contributed by atoms with E-state index in [1.165, 1.54) is 19.2 Å². The number of aliphatic hydroxyl groups is 1. The topological polar surface area (TPSA) is 76.0 Å². The molecule has 0 saturated heterocycles. The van der Waals surface area contributed by atoms with Crippen LogP contribution in [-0.2, 0) is 0 Å². The number of benzene rings is 1. The fourth-order valence-corrected chi connectivity index (χ4v) is 1.87. The maximum atomic E-state index is 10.9. The molecule has 1 rings (SSSR count). The van der Waals surface area contributed by atoms with Crippen LogP contribution in [0.3, 0.4) is 0 Å². The van der Waals surface area contributed by atoms with E-state index in [1.807, 2.05) is 6.92 Å². The van der Waals surface area contributed by atoms with E-state index >= 15 is 0 Å². The van der Waals surface area contributed by atoms with Gasteiger partial charge in [-0.2, -0.15) is 0 Å². The van der Waals surface area contributed by atoms with Crippen molar-refractivity contribution >= 4 is 21.9 Å². The molecule has 0 aromatic heterocycles. The molecule has 1 atom stereocenters. The van der Waals surface area contributed by atoms with Gasteiger partial charge in [0, 0.05) is 0 Å². The van der Waals surface area contributed by atoms with E-state index in [9.17, 15) is 9.90 Å². The zero-order valence-corrected chi connectivity index (χ0v) is 12.7. The Morgan fingerprint density at radius 1 is 1.47 bits per heavy atom. The summed E-state index contributed by atoms with van der Waals surface area (Å²) in [5, 5.41) is 18.9. The van der Waals surface area contributed by atoms with Crippen LogP contribution in [0.1, 0.15) is 30.6 Å². The minimum absolute atomic E-state index is 0.0882. The Bertz CT molecular complexity index is 470. The van der Waals surface area contributed by atoms with Crippen LogP contribution < -0.4 is 9.47 Å². The Morgan fingerprint density at radius 2 is 2.11 bits per heavy atom. The number of methoxy groups -OCH3 is 1. The van der Waals surface area contributed by atoms with E-state index in [2.05, 4.69) is 15.9 Å². The third kappa shape index (κ3) is 4.11. The Morgan fingerprint density at radius 3 is 2.58 bits per heavy atom. The number of rotatable bonds is 6. The summed E-state index contributed by atoms with van der Waals surface area (Å²) in [4.78, 5) is 10.9. The summed E-state index contributed by atoms with van der Waals surface area (Å²) in [5.74, 6) is -0.369. The Balaban J connectivity index is 3.04. The average Bonchev–Trinajstić information content (AvgIpc) is 2.36. The van der Waals surface area contributed by atoms with E-state index in [1.54, 1.807) is 6.92 Å². The number of hydrogen-bond donors (Lipinski definition) is 2. The van der Waals surface area contributed by atoms with Gasteiger partial charge in [-0.05, 0) is 41.4 Å². The lowest BCUT2D eigenvalue weighted by molar-refractivity contribution is 0.00747. The van der Waals surface area contributed by atoms with Gasteiger partial charge in [0.1, 0.15) is 6.61 Å². The van der Waals surface area contributed by atoms with Gasteiger partial charge in [0.2, 0.25) is 0 Å². The van der Waals surface area contributed by atoms with E-state index in [0.717, 1.165) is 0 Å². The molecule has 0 bridgehead atoms. The average molecular weight is 333 g/mol. The SMILES string of the molecule is CCC(C)(O)COc1c(Br)cc(C(=O)O)cc1OC. The molecule has 0 aliphatic heterocycles. The van der Waals surface area contributed by atoms with E-state index in [4.69, 9.17) is 14.6 Å². The number of carbonyl (C=O) groups is 1. The molecule has 1 aromatic carbocycles. The zero-order valence-electron chi connectivity index (χ0n) is 11.1. The normalized spacial score (nSPS) is 13.7. The van der Waals surface area contributed by atoms with Crippen molar-refractivity contribution in [3.63, 3.8) is 0 Å². The summed E-state index contributed by atoms with van der Waals surface area (Å²) in [7, 11) is 1.43. The van der Waals surface area contributed by atoms with Crippen LogP contribution in [0.15, 0.2) is 16.6 Å². The van der Waals surface area contributed by atoms with Crippen LogP contribution >= 0.6 is 15.9 Å². The number of hydrogen-bond acceptors (Lipinski definition) is 4. The molecule has 0 saturated carbocycles. The third-order valence-electron chi connectivity index (χ3n) is 2.77. The molecule has 0 heterocycles. The first-order chi connectivity index (χ1) is 8.80. The highest BCUT2D eigenvalue weighted by Gasteiger charge is 2.21. The minimum atomic E-state index is -1.05. The van der Waals surface area contributed by atoms with Gasteiger partial charge in [0.25, 0.3) is 0 Å². The van der Waals surface area contributed by atoms with Crippen molar-refractivity contribution in [3.8, 4) is 11.5 Å². The zero-order chi connectivity index (χ0) is 14.6. The number of carboxylic acids is 1. The third-order valence-corrected chi connectivity index (χ3v) is 3.35. The van der Waals surface area contributed by atoms with Gasteiger partial charge < -0.3 is 19.7 Å². The summed E-state index contributed by atoms with van der Waals surface area (Å²) in [6.45, 7) is 3.60. The second-order valence-corrected chi connectivity index (χ2v) is 5.29. The largest absolute Gasteiger partial charge is 0.493 e. The summed E-state index contributed by atoms with van der Waals surface area (Å²) < 4.78 is 11.1. The Kier molecular flexibility index (Phi) is 5.20. The van der Waals surface area contributed by atoms with Crippen molar-refractivity contribution in [2.75, 3.05) is 13.7 Å². The molecule has 19 heavy (non-hydrogen) atoms. The number of carboxylic acid groups (broad SMARTS) is 1. The molecule has 0 aliphatic carbocycles. The first-order valence-corrected chi connectivity index (χ1v) is 6.56. The van der Waals surface area contributed by atoms with Crippen LogP contribution in [0.5, 0.6) is 11.5 Å². The highest BCUT2D eigenvalue weighted by atomic mass is 79.9. The summed E-state index contributed by atoms with van der Waals surface area (Å²) in [5.41, 5.74) is -0.853. The predicted octanol–water partition coefficient (Wildman–Crippen LogP) is 2.70. The van der Waals surface area contributed by atoms with Gasteiger partial charge >= 0.3 is 5.97 Å². The molecular weight excluding hydrogens is 316 g/mol. The lowest BCUT2D eigenvalue weighted by Gasteiger charge is -2.23. The first-order valence-electron chi connectivity index (χ1n) is 5.76. The standard InChI is InChI=1S/C13H17BrO5/c1-4-13(2,17)7-19-11-9(14)5-8(12(15)16)6-10(11)18-3/h5-6,17H,4,7H2,1-3H3,(H,15,16). The molecule has 0 spiro atoms. The van der Waals surface area contributed by atoms with Crippen molar-refractivity contribution in [2.45, 2.75) is 25.9 Å². The number of ether oxygens (including phenoxy) is 2. The molecule has 1 aromatic rings.